The Kier molecular flexibility index (Phi) is 9.68. The molecule has 0 saturated carbocycles. The molecule has 0 rings (SSSR count). The van der Waals surface area contributed by atoms with Crippen LogP contribution in [0.15, 0.2) is 0 Å². The fraction of sp³-hybridized carbons (Fsp3) is 0.667. The first-order chi connectivity index (χ1) is 5.99. The minimum atomic E-state index is -3.00. The highest BCUT2D eigenvalue weighted by molar-refractivity contribution is 5.72. The molecule has 0 fully saturated rings. The fourth-order valence-electron chi connectivity index (χ4n) is 0.144. The van der Waals surface area contributed by atoms with Crippen molar-refractivity contribution in [3.05, 3.63) is 0 Å². The molecule has 0 N–H and O–H groups in total. The zero-order valence-corrected chi connectivity index (χ0v) is 7.05. The molecule has 0 aromatic heterocycles. The zero-order chi connectivity index (χ0) is 10.9. The third-order valence-corrected chi connectivity index (χ3v) is 0.716. The average Bonchev–Trinajstić information content (AvgIpc) is 2.16. The topological polar surface area (TPSA) is 52.6 Å². The fourth-order valence-corrected chi connectivity index (χ4v) is 0.144. The van der Waals surface area contributed by atoms with Crippen molar-refractivity contribution in [3.8, 4) is 0 Å². The van der Waals surface area contributed by atoms with E-state index < -0.39 is 25.0 Å². The van der Waals surface area contributed by atoms with Crippen LogP contribution in [0.5, 0.6) is 0 Å². The normalized spacial score (nSPS) is 8.46. The molecule has 0 aliphatic carbocycles. The van der Waals surface area contributed by atoms with Gasteiger partial charge in [0.1, 0.15) is 0 Å². The Bertz CT molecular complexity index is 154. The molecule has 0 aliphatic rings. The molecule has 4 nitrogen and oxygen atoms in total. The summed E-state index contributed by atoms with van der Waals surface area (Å²) in [5, 5.41) is 0. The molecule has 0 heterocycles. The Hall–Kier alpha value is -1.27. The van der Waals surface area contributed by atoms with Crippen molar-refractivity contribution in [1.82, 2.24) is 0 Å². The van der Waals surface area contributed by atoms with Gasteiger partial charge in [-0.15, -0.1) is 0 Å². The number of alkyl halides is 3. The molecular weight excluding hydrogens is 193 g/mol. The molecule has 0 unspecified atom stereocenters. The number of rotatable bonds is 2. The lowest BCUT2D eigenvalue weighted by Crippen LogP contribution is -2.10. The molecule has 0 aliphatic heterocycles. The predicted octanol–water partition coefficient (Wildman–Crippen LogP) is 0.553. The number of esters is 2. The van der Waals surface area contributed by atoms with Crippen LogP contribution in [0.4, 0.5) is 13.2 Å². The van der Waals surface area contributed by atoms with Gasteiger partial charge in [-0.2, -0.15) is 8.78 Å². The van der Waals surface area contributed by atoms with E-state index >= 15 is 0 Å². The van der Waals surface area contributed by atoms with Gasteiger partial charge in [0, 0.05) is 0 Å². The summed E-state index contributed by atoms with van der Waals surface area (Å²) in [5.74, 6) is -2.31. The lowest BCUT2D eigenvalue weighted by atomic mass is 10.7. The summed E-state index contributed by atoms with van der Waals surface area (Å²) in [6.07, 6.45) is -3.00. The maximum absolute atomic E-state index is 11.0. The van der Waals surface area contributed by atoms with Crippen LogP contribution in [0.3, 0.4) is 0 Å². The first kappa shape index (κ1) is 14.3. The van der Waals surface area contributed by atoms with E-state index in [1.165, 1.54) is 0 Å². The highest BCUT2D eigenvalue weighted by Crippen LogP contribution is 1.92. The van der Waals surface area contributed by atoms with Crippen molar-refractivity contribution in [2.45, 2.75) is 6.43 Å². The number of methoxy groups -OCH3 is 2. The SMILES string of the molecule is COC(=O)C(F)F.COC(=O)CF. The van der Waals surface area contributed by atoms with Crippen molar-refractivity contribution >= 4 is 11.9 Å². The molecule has 0 aromatic rings. The minimum absolute atomic E-state index is 0.824. The molecule has 13 heavy (non-hydrogen) atoms. The Morgan fingerprint density at radius 2 is 1.69 bits per heavy atom. The summed E-state index contributed by atoms with van der Waals surface area (Å²) in [7, 11) is 2.05. The summed E-state index contributed by atoms with van der Waals surface area (Å²) in [6, 6.07) is 0. The van der Waals surface area contributed by atoms with Gasteiger partial charge >= 0.3 is 18.4 Å². The summed E-state index contributed by atoms with van der Waals surface area (Å²) < 4.78 is 40.3. The number of carbonyl (C=O) groups is 2. The Morgan fingerprint density at radius 1 is 1.23 bits per heavy atom. The van der Waals surface area contributed by atoms with Crippen LogP contribution in [-0.2, 0) is 19.1 Å². The van der Waals surface area contributed by atoms with Crippen molar-refractivity contribution in [1.29, 1.82) is 0 Å². The standard InChI is InChI=1S/C3H4F2O2.C3H5FO2/c1-7-3(6)2(4)5;1-6-3(5)2-4/h2H,1H3;2H2,1H3. The van der Waals surface area contributed by atoms with Crippen molar-refractivity contribution in [2.75, 3.05) is 20.9 Å². The second-order valence-corrected chi connectivity index (χ2v) is 1.53. The van der Waals surface area contributed by atoms with Crippen molar-refractivity contribution in [2.24, 2.45) is 0 Å². The van der Waals surface area contributed by atoms with Crippen LogP contribution in [0.25, 0.3) is 0 Å². The van der Waals surface area contributed by atoms with Gasteiger partial charge < -0.3 is 9.47 Å². The lowest BCUT2D eigenvalue weighted by Gasteiger charge is -1.91. The maximum Gasteiger partial charge on any atom is 0.373 e. The molecule has 0 amide bonds. The van der Waals surface area contributed by atoms with Gasteiger partial charge in [-0.05, 0) is 0 Å². The molecule has 78 valence electrons. The Balaban J connectivity index is 0. The van der Waals surface area contributed by atoms with Gasteiger partial charge in [0.05, 0.1) is 14.2 Å². The molecule has 7 heteroatoms. The lowest BCUT2D eigenvalue weighted by molar-refractivity contribution is -0.153. The van der Waals surface area contributed by atoms with Gasteiger partial charge in [-0.3, -0.25) is 0 Å². The summed E-state index contributed by atoms with van der Waals surface area (Å²) in [5.41, 5.74) is 0. The number of carbonyl (C=O) groups excluding carboxylic acids is 2. The smallest absolute Gasteiger partial charge is 0.373 e. The minimum Gasteiger partial charge on any atom is -0.467 e. The van der Waals surface area contributed by atoms with Crippen molar-refractivity contribution < 1.29 is 32.2 Å². The second-order valence-electron chi connectivity index (χ2n) is 1.53. The molecule has 0 aromatic carbocycles. The molecule has 0 atom stereocenters. The van der Waals surface area contributed by atoms with Crippen molar-refractivity contribution in [3.63, 3.8) is 0 Å². The first-order valence-corrected chi connectivity index (χ1v) is 2.98. The Morgan fingerprint density at radius 3 is 1.69 bits per heavy atom. The molecule has 0 bridgehead atoms. The van der Waals surface area contributed by atoms with Gasteiger partial charge in [0.15, 0.2) is 6.67 Å². The van der Waals surface area contributed by atoms with E-state index in [4.69, 9.17) is 0 Å². The van der Waals surface area contributed by atoms with Gasteiger partial charge in [-0.25, -0.2) is 14.0 Å². The van der Waals surface area contributed by atoms with Crippen LogP contribution in [0, 0.1) is 0 Å². The number of ether oxygens (including phenoxy) is 2. The van der Waals surface area contributed by atoms with Gasteiger partial charge in [-0.1, -0.05) is 0 Å². The van der Waals surface area contributed by atoms with Gasteiger partial charge in [0.25, 0.3) is 0 Å². The van der Waals surface area contributed by atoms with Crippen LogP contribution >= 0.6 is 0 Å². The van der Waals surface area contributed by atoms with E-state index in [2.05, 4.69) is 9.47 Å². The van der Waals surface area contributed by atoms with Crippen LogP contribution in [0.2, 0.25) is 0 Å². The van der Waals surface area contributed by atoms with Crippen LogP contribution in [-0.4, -0.2) is 39.3 Å². The Labute approximate surface area is 72.6 Å². The van der Waals surface area contributed by atoms with E-state index in [9.17, 15) is 22.8 Å². The van der Waals surface area contributed by atoms with E-state index in [0.717, 1.165) is 14.2 Å². The highest BCUT2D eigenvalue weighted by Gasteiger charge is 2.13. The van der Waals surface area contributed by atoms with E-state index in [1.54, 1.807) is 0 Å². The average molecular weight is 202 g/mol. The van der Waals surface area contributed by atoms with E-state index in [-0.39, 0.29) is 0 Å². The zero-order valence-electron chi connectivity index (χ0n) is 7.05. The van der Waals surface area contributed by atoms with E-state index in [1.807, 2.05) is 0 Å². The monoisotopic (exact) mass is 202 g/mol. The maximum atomic E-state index is 11.0. The number of halogens is 3. The van der Waals surface area contributed by atoms with E-state index in [0.29, 0.717) is 0 Å². The summed E-state index contributed by atoms with van der Waals surface area (Å²) in [4.78, 5) is 19.1. The largest absolute Gasteiger partial charge is 0.467 e. The molecule has 0 saturated heterocycles. The van der Waals surface area contributed by atoms with Crippen LogP contribution in [0.1, 0.15) is 0 Å². The van der Waals surface area contributed by atoms with Gasteiger partial charge in [0.2, 0.25) is 0 Å². The third kappa shape index (κ3) is 10.7. The number of hydrogen-bond donors (Lipinski definition) is 0. The summed E-state index contributed by atoms with van der Waals surface area (Å²) in [6.45, 7) is -1.03. The molecule has 0 radical (unpaired) electrons. The number of hydrogen-bond acceptors (Lipinski definition) is 4. The molecular formula is C6H9F3O4. The first-order valence-electron chi connectivity index (χ1n) is 2.98. The predicted molar refractivity (Wildman–Crippen MR) is 36.0 cm³/mol. The highest BCUT2D eigenvalue weighted by atomic mass is 19.3. The quantitative estimate of drug-likeness (QED) is 0.613. The van der Waals surface area contributed by atoms with Crippen LogP contribution < -0.4 is 0 Å². The molecule has 0 spiro atoms. The summed E-state index contributed by atoms with van der Waals surface area (Å²) >= 11 is 0. The third-order valence-electron chi connectivity index (χ3n) is 0.716. The second kappa shape index (κ2) is 8.82.